The van der Waals surface area contributed by atoms with E-state index in [2.05, 4.69) is 10.9 Å². The Hall–Kier alpha value is -1.09. The lowest BCUT2D eigenvalue weighted by Gasteiger charge is -2.27. The quantitative estimate of drug-likeness (QED) is 0.697. The molecule has 3 heteroatoms. The summed E-state index contributed by atoms with van der Waals surface area (Å²) in [6.07, 6.45) is 3.72. The molecule has 1 aliphatic rings. The predicted octanol–water partition coefficient (Wildman–Crippen LogP) is 2.29. The fourth-order valence-corrected chi connectivity index (χ4v) is 1.30. The Labute approximate surface area is 77.1 Å². The van der Waals surface area contributed by atoms with Gasteiger partial charge in [0.1, 0.15) is 5.82 Å². The first-order valence-corrected chi connectivity index (χ1v) is 4.62. The fourth-order valence-electron chi connectivity index (χ4n) is 1.30. The van der Waals surface area contributed by atoms with Crippen LogP contribution in [0.3, 0.4) is 0 Å². The standard InChI is InChI=1S/C10H13FN2/c11-8-3-1-6-10(7-8)13-12-9-4-2-5-9/h1,3,6-7,9,12-13H,2,4-5H2. The molecule has 1 aromatic carbocycles. The van der Waals surface area contributed by atoms with Gasteiger partial charge in [0.05, 0.1) is 5.69 Å². The first-order valence-electron chi connectivity index (χ1n) is 4.62. The van der Waals surface area contributed by atoms with E-state index in [-0.39, 0.29) is 5.82 Å². The van der Waals surface area contributed by atoms with Crippen LogP contribution in [0.25, 0.3) is 0 Å². The van der Waals surface area contributed by atoms with Crippen LogP contribution in [0.4, 0.5) is 10.1 Å². The molecule has 0 bridgehead atoms. The molecule has 0 amide bonds. The lowest BCUT2D eigenvalue weighted by Crippen LogP contribution is -2.38. The molecule has 0 saturated heterocycles. The van der Waals surface area contributed by atoms with Crippen molar-refractivity contribution >= 4 is 5.69 Å². The molecule has 2 rings (SSSR count). The zero-order valence-corrected chi connectivity index (χ0v) is 7.39. The van der Waals surface area contributed by atoms with E-state index in [9.17, 15) is 4.39 Å². The van der Waals surface area contributed by atoms with Crippen LogP contribution >= 0.6 is 0 Å². The number of anilines is 1. The van der Waals surface area contributed by atoms with Crippen molar-refractivity contribution in [3.05, 3.63) is 30.1 Å². The van der Waals surface area contributed by atoms with Gasteiger partial charge in [0.2, 0.25) is 0 Å². The SMILES string of the molecule is Fc1cccc(NNC2CCC2)c1. The molecule has 2 N–H and O–H groups in total. The molecule has 0 atom stereocenters. The van der Waals surface area contributed by atoms with Crippen LogP contribution in [0.1, 0.15) is 19.3 Å². The van der Waals surface area contributed by atoms with Gasteiger partial charge in [0, 0.05) is 6.04 Å². The van der Waals surface area contributed by atoms with Crippen molar-refractivity contribution in [3.8, 4) is 0 Å². The molecule has 1 saturated carbocycles. The average molecular weight is 180 g/mol. The molecule has 70 valence electrons. The normalized spacial score (nSPS) is 16.7. The van der Waals surface area contributed by atoms with E-state index in [4.69, 9.17) is 0 Å². The second-order valence-corrected chi connectivity index (χ2v) is 3.41. The van der Waals surface area contributed by atoms with Crippen molar-refractivity contribution < 1.29 is 4.39 Å². The number of benzene rings is 1. The highest BCUT2D eigenvalue weighted by molar-refractivity contribution is 5.41. The first-order chi connectivity index (χ1) is 6.34. The lowest BCUT2D eigenvalue weighted by molar-refractivity contribution is 0.360. The number of hydrazine groups is 1. The smallest absolute Gasteiger partial charge is 0.125 e. The second kappa shape index (κ2) is 3.75. The molecule has 2 nitrogen and oxygen atoms in total. The van der Waals surface area contributed by atoms with Crippen molar-refractivity contribution in [2.45, 2.75) is 25.3 Å². The number of hydrogen-bond donors (Lipinski definition) is 2. The van der Waals surface area contributed by atoms with Crippen molar-refractivity contribution in [1.82, 2.24) is 5.43 Å². The van der Waals surface area contributed by atoms with Gasteiger partial charge in [0.25, 0.3) is 0 Å². The van der Waals surface area contributed by atoms with Crippen molar-refractivity contribution in [1.29, 1.82) is 0 Å². The molecular weight excluding hydrogens is 167 g/mol. The summed E-state index contributed by atoms with van der Waals surface area (Å²) in [5.41, 5.74) is 6.93. The number of nitrogens with one attached hydrogen (secondary N) is 2. The Kier molecular flexibility index (Phi) is 2.45. The van der Waals surface area contributed by atoms with Gasteiger partial charge in [0.15, 0.2) is 0 Å². The zero-order valence-electron chi connectivity index (χ0n) is 7.39. The molecular formula is C10H13FN2. The van der Waals surface area contributed by atoms with E-state index in [1.54, 1.807) is 6.07 Å². The van der Waals surface area contributed by atoms with Crippen molar-refractivity contribution in [3.63, 3.8) is 0 Å². The van der Waals surface area contributed by atoms with E-state index in [0.717, 1.165) is 5.69 Å². The summed E-state index contributed by atoms with van der Waals surface area (Å²) >= 11 is 0. The van der Waals surface area contributed by atoms with E-state index in [1.807, 2.05) is 6.07 Å². The maximum absolute atomic E-state index is 12.7. The summed E-state index contributed by atoms with van der Waals surface area (Å²) in [5, 5.41) is 0. The molecule has 1 fully saturated rings. The van der Waals surface area contributed by atoms with E-state index >= 15 is 0 Å². The highest BCUT2D eigenvalue weighted by Gasteiger charge is 2.15. The highest BCUT2D eigenvalue weighted by Crippen LogP contribution is 2.18. The van der Waals surface area contributed by atoms with Gasteiger partial charge in [-0.2, -0.15) is 0 Å². The van der Waals surface area contributed by atoms with Crippen LogP contribution in [-0.4, -0.2) is 6.04 Å². The van der Waals surface area contributed by atoms with Crippen LogP contribution in [-0.2, 0) is 0 Å². The average Bonchev–Trinajstić information content (AvgIpc) is 2.01. The summed E-state index contributed by atoms with van der Waals surface area (Å²) in [5.74, 6) is -0.208. The van der Waals surface area contributed by atoms with E-state index < -0.39 is 0 Å². The lowest BCUT2D eigenvalue weighted by atomic mass is 9.94. The Morgan fingerprint density at radius 3 is 2.77 bits per heavy atom. The minimum atomic E-state index is -0.208. The minimum absolute atomic E-state index is 0.208. The van der Waals surface area contributed by atoms with Crippen LogP contribution in [0.15, 0.2) is 24.3 Å². The molecule has 0 radical (unpaired) electrons. The van der Waals surface area contributed by atoms with Gasteiger partial charge in [-0.3, -0.25) is 0 Å². The Bertz CT molecular complexity index is 284. The van der Waals surface area contributed by atoms with Gasteiger partial charge < -0.3 is 5.43 Å². The maximum atomic E-state index is 12.7. The van der Waals surface area contributed by atoms with Crippen molar-refractivity contribution in [2.24, 2.45) is 0 Å². The van der Waals surface area contributed by atoms with E-state index in [1.165, 1.54) is 31.4 Å². The van der Waals surface area contributed by atoms with Crippen LogP contribution in [0.5, 0.6) is 0 Å². The summed E-state index contributed by atoms with van der Waals surface area (Å²) in [6.45, 7) is 0. The summed E-state index contributed by atoms with van der Waals surface area (Å²) in [7, 11) is 0. The molecule has 1 aromatic rings. The third kappa shape index (κ3) is 2.18. The Balaban J connectivity index is 1.86. The monoisotopic (exact) mass is 180 g/mol. The van der Waals surface area contributed by atoms with Gasteiger partial charge >= 0.3 is 0 Å². The number of hydrogen-bond acceptors (Lipinski definition) is 2. The summed E-state index contributed by atoms with van der Waals surface area (Å²) in [4.78, 5) is 0. The van der Waals surface area contributed by atoms with Gasteiger partial charge in [-0.25, -0.2) is 9.82 Å². The molecule has 0 aromatic heterocycles. The molecule has 1 aliphatic carbocycles. The van der Waals surface area contributed by atoms with E-state index in [0.29, 0.717) is 6.04 Å². The Morgan fingerprint density at radius 2 is 2.15 bits per heavy atom. The van der Waals surface area contributed by atoms with Crippen LogP contribution in [0.2, 0.25) is 0 Å². The largest absolute Gasteiger partial charge is 0.321 e. The topological polar surface area (TPSA) is 24.1 Å². The van der Waals surface area contributed by atoms with Crippen LogP contribution < -0.4 is 10.9 Å². The zero-order chi connectivity index (χ0) is 9.10. The maximum Gasteiger partial charge on any atom is 0.125 e. The fraction of sp³-hybridized carbons (Fsp3) is 0.400. The third-order valence-corrected chi connectivity index (χ3v) is 2.35. The number of rotatable bonds is 3. The molecule has 0 spiro atoms. The van der Waals surface area contributed by atoms with Crippen molar-refractivity contribution in [2.75, 3.05) is 5.43 Å². The van der Waals surface area contributed by atoms with Gasteiger partial charge in [-0.05, 0) is 31.0 Å². The third-order valence-electron chi connectivity index (χ3n) is 2.35. The summed E-state index contributed by atoms with van der Waals surface area (Å²) < 4.78 is 12.7. The molecule has 13 heavy (non-hydrogen) atoms. The molecule has 0 unspecified atom stereocenters. The summed E-state index contributed by atoms with van der Waals surface area (Å²) in [6, 6.07) is 7.01. The van der Waals surface area contributed by atoms with Gasteiger partial charge in [-0.15, -0.1) is 0 Å². The number of halogens is 1. The van der Waals surface area contributed by atoms with Gasteiger partial charge in [-0.1, -0.05) is 12.5 Å². The minimum Gasteiger partial charge on any atom is -0.321 e. The highest BCUT2D eigenvalue weighted by atomic mass is 19.1. The van der Waals surface area contributed by atoms with Crippen LogP contribution in [0, 0.1) is 5.82 Å². The molecule has 0 heterocycles. The predicted molar refractivity (Wildman–Crippen MR) is 50.8 cm³/mol. The first kappa shape index (κ1) is 8.51. The Morgan fingerprint density at radius 1 is 1.31 bits per heavy atom. The molecule has 0 aliphatic heterocycles. The second-order valence-electron chi connectivity index (χ2n) is 3.41.